The number of hydrogen-bond donors (Lipinski definition) is 1. The van der Waals surface area contributed by atoms with Gasteiger partial charge in [-0.15, -0.1) is 0 Å². The summed E-state index contributed by atoms with van der Waals surface area (Å²) in [6, 6.07) is 6.84. The van der Waals surface area contributed by atoms with Gasteiger partial charge in [0.15, 0.2) is 0 Å². The zero-order valence-electron chi connectivity index (χ0n) is 11.2. The van der Waals surface area contributed by atoms with Crippen molar-refractivity contribution < 1.29 is 0 Å². The first-order valence-electron chi connectivity index (χ1n) is 6.83. The Balaban J connectivity index is 1.75. The van der Waals surface area contributed by atoms with Gasteiger partial charge in [0.2, 0.25) is 0 Å². The van der Waals surface area contributed by atoms with E-state index in [2.05, 4.69) is 40.7 Å². The van der Waals surface area contributed by atoms with Crippen LogP contribution in [0.3, 0.4) is 0 Å². The van der Waals surface area contributed by atoms with Gasteiger partial charge in [-0.3, -0.25) is 4.40 Å². The first kappa shape index (κ1) is 11.6. The molecule has 3 heteroatoms. The minimum Gasteiger partial charge on any atom is -0.368 e. The Morgan fingerprint density at radius 2 is 2.06 bits per heavy atom. The average molecular weight is 243 g/mol. The third kappa shape index (κ3) is 2.22. The maximum atomic E-state index is 4.32. The van der Waals surface area contributed by atoms with Gasteiger partial charge in [-0.05, 0) is 43.2 Å². The lowest BCUT2D eigenvalue weighted by Gasteiger charge is -2.35. The summed E-state index contributed by atoms with van der Waals surface area (Å²) in [4.78, 5) is 4.32. The number of nitrogens with one attached hydrogen (secondary N) is 1. The summed E-state index contributed by atoms with van der Waals surface area (Å²) in [5, 5.41) is 3.67. The van der Waals surface area contributed by atoms with Crippen LogP contribution in [0, 0.1) is 5.41 Å². The maximum absolute atomic E-state index is 4.32. The molecule has 2 aromatic rings. The molecule has 3 rings (SSSR count). The van der Waals surface area contributed by atoms with Gasteiger partial charge >= 0.3 is 0 Å². The van der Waals surface area contributed by atoms with Gasteiger partial charge in [-0.2, -0.15) is 0 Å². The van der Waals surface area contributed by atoms with Gasteiger partial charge in [0.1, 0.15) is 11.5 Å². The molecule has 0 spiro atoms. The molecule has 0 amide bonds. The fraction of sp³-hybridized carbons (Fsp3) is 0.533. The minimum absolute atomic E-state index is 0.527. The van der Waals surface area contributed by atoms with E-state index in [1.54, 1.807) is 0 Å². The van der Waals surface area contributed by atoms with E-state index in [1.807, 2.05) is 18.5 Å². The summed E-state index contributed by atoms with van der Waals surface area (Å²) in [5.74, 6) is 1.16. The van der Waals surface area contributed by atoms with Gasteiger partial charge in [0.05, 0.1) is 0 Å². The van der Waals surface area contributed by atoms with Crippen molar-refractivity contribution in [3.8, 4) is 0 Å². The van der Waals surface area contributed by atoms with Crippen LogP contribution in [0.25, 0.3) is 5.65 Å². The Hall–Kier alpha value is -1.51. The number of anilines is 1. The van der Waals surface area contributed by atoms with Crippen LogP contribution in [0.5, 0.6) is 0 Å². The van der Waals surface area contributed by atoms with E-state index in [-0.39, 0.29) is 0 Å². The molecule has 0 unspecified atom stereocenters. The smallest absolute Gasteiger partial charge is 0.138 e. The summed E-state index contributed by atoms with van der Waals surface area (Å²) < 4.78 is 2.12. The molecule has 18 heavy (non-hydrogen) atoms. The quantitative estimate of drug-likeness (QED) is 0.871. The summed E-state index contributed by atoms with van der Waals surface area (Å²) in [5.41, 5.74) is 1.54. The van der Waals surface area contributed by atoms with Crippen molar-refractivity contribution in [3.63, 3.8) is 0 Å². The molecular weight excluding hydrogens is 222 g/mol. The molecule has 1 fully saturated rings. The van der Waals surface area contributed by atoms with Crippen molar-refractivity contribution in [1.29, 1.82) is 0 Å². The molecule has 0 aliphatic heterocycles. The van der Waals surface area contributed by atoms with E-state index in [4.69, 9.17) is 0 Å². The zero-order valence-corrected chi connectivity index (χ0v) is 11.2. The molecule has 96 valence electrons. The number of nitrogens with zero attached hydrogens (tertiary/aromatic N) is 2. The first-order chi connectivity index (χ1) is 8.64. The van der Waals surface area contributed by atoms with Crippen LogP contribution in [0.2, 0.25) is 0 Å². The fourth-order valence-electron chi connectivity index (χ4n) is 2.82. The number of fused-ring (bicyclic) bond motifs is 1. The van der Waals surface area contributed by atoms with Gasteiger partial charge < -0.3 is 5.32 Å². The number of hydrogen-bond acceptors (Lipinski definition) is 2. The lowest BCUT2D eigenvalue weighted by Crippen LogP contribution is -2.30. The molecule has 3 nitrogen and oxygen atoms in total. The van der Waals surface area contributed by atoms with E-state index in [0.717, 1.165) is 11.5 Å². The highest BCUT2D eigenvalue weighted by Crippen LogP contribution is 2.36. The van der Waals surface area contributed by atoms with Gasteiger partial charge in [0, 0.05) is 18.4 Å². The lowest BCUT2D eigenvalue weighted by molar-refractivity contribution is 0.232. The second-order valence-electron chi connectivity index (χ2n) is 6.15. The number of imidazole rings is 1. The minimum atomic E-state index is 0.527. The molecular formula is C15H21N3. The Bertz CT molecular complexity index is 531. The SMILES string of the molecule is CC1(C)CCC(Nc2cccc3nccn23)CC1. The summed E-state index contributed by atoms with van der Waals surface area (Å²) in [6.07, 6.45) is 9.01. The third-order valence-electron chi connectivity index (χ3n) is 4.12. The van der Waals surface area contributed by atoms with Crippen LogP contribution in [0.4, 0.5) is 5.82 Å². The Morgan fingerprint density at radius 1 is 1.28 bits per heavy atom. The summed E-state index contributed by atoms with van der Waals surface area (Å²) >= 11 is 0. The number of rotatable bonds is 2. The number of pyridine rings is 1. The normalized spacial score (nSPS) is 20.1. The molecule has 1 saturated carbocycles. The topological polar surface area (TPSA) is 29.3 Å². The summed E-state index contributed by atoms with van der Waals surface area (Å²) in [6.45, 7) is 4.75. The largest absolute Gasteiger partial charge is 0.368 e. The van der Waals surface area contributed by atoms with Crippen molar-refractivity contribution >= 4 is 11.5 Å². The molecule has 2 heterocycles. The third-order valence-corrected chi connectivity index (χ3v) is 4.12. The standard InChI is InChI=1S/C15H21N3/c1-15(2)8-6-12(7-9-15)17-14-5-3-4-13-16-10-11-18(13)14/h3-5,10-12,17H,6-9H2,1-2H3. The second-order valence-corrected chi connectivity index (χ2v) is 6.15. The Kier molecular flexibility index (Phi) is 2.77. The van der Waals surface area contributed by atoms with Crippen LogP contribution in [0.1, 0.15) is 39.5 Å². The fourth-order valence-corrected chi connectivity index (χ4v) is 2.82. The van der Waals surface area contributed by atoms with Gasteiger partial charge in [-0.25, -0.2) is 4.98 Å². The highest BCUT2D eigenvalue weighted by Gasteiger charge is 2.26. The predicted molar refractivity (Wildman–Crippen MR) is 74.9 cm³/mol. The van der Waals surface area contributed by atoms with E-state index >= 15 is 0 Å². The van der Waals surface area contributed by atoms with Crippen LogP contribution < -0.4 is 5.32 Å². The zero-order chi connectivity index (χ0) is 12.6. The van der Waals surface area contributed by atoms with E-state index in [1.165, 1.54) is 25.7 Å². The monoisotopic (exact) mass is 243 g/mol. The first-order valence-corrected chi connectivity index (χ1v) is 6.83. The molecule has 0 aromatic carbocycles. The maximum Gasteiger partial charge on any atom is 0.138 e. The van der Waals surface area contributed by atoms with Crippen molar-refractivity contribution in [1.82, 2.24) is 9.38 Å². The molecule has 0 bridgehead atoms. The molecule has 1 aliphatic carbocycles. The van der Waals surface area contributed by atoms with Crippen LogP contribution in [-0.2, 0) is 0 Å². The van der Waals surface area contributed by atoms with Crippen molar-refractivity contribution in [2.24, 2.45) is 5.41 Å². The Labute approximate surface area is 108 Å². The van der Waals surface area contributed by atoms with E-state index < -0.39 is 0 Å². The van der Waals surface area contributed by atoms with Crippen molar-refractivity contribution in [2.45, 2.75) is 45.6 Å². The molecule has 1 aliphatic rings. The molecule has 0 atom stereocenters. The van der Waals surface area contributed by atoms with Crippen LogP contribution >= 0.6 is 0 Å². The molecule has 2 aromatic heterocycles. The van der Waals surface area contributed by atoms with Crippen LogP contribution in [0.15, 0.2) is 30.6 Å². The van der Waals surface area contributed by atoms with Gasteiger partial charge in [0.25, 0.3) is 0 Å². The highest BCUT2D eigenvalue weighted by molar-refractivity contribution is 5.50. The Morgan fingerprint density at radius 3 is 2.83 bits per heavy atom. The van der Waals surface area contributed by atoms with Crippen molar-refractivity contribution in [3.05, 3.63) is 30.6 Å². The van der Waals surface area contributed by atoms with E-state index in [0.29, 0.717) is 11.5 Å². The van der Waals surface area contributed by atoms with E-state index in [9.17, 15) is 0 Å². The second kappa shape index (κ2) is 4.30. The molecule has 0 radical (unpaired) electrons. The molecule has 1 N–H and O–H groups in total. The number of aromatic nitrogens is 2. The predicted octanol–water partition coefficient (Wildman–Crippen LogP) is 3.72. The van der Waals surface area contributed by atoms with Crippen molar-refractivity contribution in [2.75, 3.05) is 5.32 Å². The summed E-state index contributed by atoms with van der Waals surface area (Å²) in [7, 11) is 0. The van der Waals surface area contributed by atoms with Crippen LogP contribution in [-0.4, -0.2) is 15.4 Å². The molecule has 0 saturated heterocycles. The average Bonchev–Trinajstić information content (AvgIpc) is 2.81. The highest BCUT2D eigenvalue weighted by atomic mass is 15.1. The van der Waals surface area contributed by atoms with Gasteiger partial charge in [-0.1, -0.05) is 19.9 Å². The lowest BCUT2D eigenvalue weighted by atomic mass is 9.75.